The summed E-state index contributed by atoms with van der Waals surface area (Å²) in [4.78, 5) is 0. The van der Waals surface area contributed by atoms with E-state index in [1.165, 1.54) is 0 Å². The van der Waals surface area contributed by atoms with Crippen molar-refractivity contribution in [2.45, 2.75) is 25.9 Å². The first-order chi connectivity index (χ1) is 7.65. The SMILES string of the molecule is CCCCNCC(O)c1ccc(Cl)c(N)c1. The average Bonchev–Trinajstić information content (AvgIpc) is 2.28. The minimum absolute atomic E-state index is 0.506. The summed E-state index contributed by atoms with van der Waals surface area (Å²) in [6.45, 7) is 3.61. The number of nitrogens with two attached hydrogens (primary N) is 1. The fraction of sp³-hybridized carbons (Fsp3) is 0.500. The van der Waals surface area contributed by atoms with Crippen molar-refractivity contribution in [3.05, 3.63) is 28.8 Å². The highest BCUT2D eigenvalue weighted by atomic mass is 35.5. The van der Waals surface area contributed by atoms with Crippen molar-refractivity contribution in [3.8, 4) is 0 Å². The van der Waals surface area contributed by atoms with Crippen LogP contribution in [0.5, 0.6) is 0 Å². The predicted molar refractivity (Wildman–Crippen MR) is 68.6 cm³/mol. The Balaban J connectivity index is 2.46. The summed E-state index contributed by atoms with van der Waals surface area (Å²) < 4.78 is 0. The van der Waals surface area contributed by atoms with Gasteiger partial charge in [0.1, 0.15) is 0 Å². The molecule has 0 aliphatic rings. The van der Waals surface area contributed by atoms with E-state index in [0.717, 1.165) is 24.9 Å². The summed E-state index contributed by atoms with van der Waals surface area (Å²) in [5.74, 6) is 0. The van der Waals surface area contributed by atoms with Gasteiger partial charge in [0.2, 0.25) is 0 Å². The van der Waals surface area contributed by atoms with Crippen LogP contribution in [0, 0.1) is 0 Å². The maximum atomic E-state index is 9.87. The van der Waals surface area contributed by atoms with Gasteiger partial charge in [-0.3, -0.25) is 0 Å². The minimum Gasteiger partial charge on any atom is -0.398 e. The first kappa shape index (κ1) is 13.3. The van der Waals surface area contributed by atoms with Gasteiger partial charge in [0.15, 0.2) is 0 Å². The molecule has 90 valence electrons. The summed E-state index contributed by atoms with van der Waals surface area (Å²) in [5.41, 5.74) is 6.97. The van der Waals surface area contributed by atoms with Crippen molar-refractivity contribution < 1.29 is 5.11 Å². The number of benzene rings is 1. The lowest BCUT2D eigenvalue weighted by atomic mass is 10.1. The molecule has 0 spiro atoms. The summed E-state index contributed by atoms with van der Waals surface area (Å²) in [7, 11) is 0. The molecule has 0 aliphatic heterocycles. The van der Waals surface area contributed by atoms with E-state index in [2.05, 4.69) is 12.2 Å². The second-order valence-corrected chi connectivity index (χ2v) is 4.26. The van der Waals surface area contributed by atoms with Crippen LogP contribution in [0.4, 0.5) is 5.69 Å². The summed E-state index contributed by atoms with van der Waals surface area (Å²) in [5, 5.41) is 13.6. The van der Waals surface area contributed by atoms with E-state index in [9.17, 15) is 5.11 Å². The third-order valence-electron chi connectivity index (χ3n) is 2.45. The molecule has 1 aromatic carbocycles. The number of hydrogen-bond donors (Lipinski definition) is 3. The molecule has 0 fully saturated rings. The zero-order chi connectivity index (χ0) is 12.0. The smallest absolute Gasteiger partial charge is 0.0915 e. The van der Waals surface area contributed by atoms with E-state index in [1.807, 2.05) is 0 Å². The number of nitrogens with one attached hydrogen (secondary N) is 1. The van der Waals surface area contributed by atoms with E-state index in [1.54, 1.807) is 18.2 Å². The highest BCUT2D eigenvalue weighted by molar-refractivity contribution is 6.33. The third kappa shape index (κ3) is 4.00. The fourth-order valence-corrected chi connectivity index (χ4v) is 1.55. The molecule has 4 heteroatoms. The Morgan fingerprint density at radius 1 is 1.50 bits per heavy atom. The topological polar surface area (TPSA) is 58.3 Å². The normalized spacial score (nSPS) is 12.7. The molecule has 1 aromatic rings. The molecule has 1 unspecified atom stereocenters. The van der Waals surface area contributed by atoms with Crippen LogP contribution >= 0.6 is 11.6 Å². The third-order valence-corrected chi connectivity index (χ3v) is 2.79. The Morgan fingerprint density at radius 3 is 2.88 bits per heavy atom. The van der Waals surface area contributed by atoms with Crippen molar-refractivity contribution >= 4 is 17.3 Å². The molecule has 0 amide bonds. The maximum Gasteiger partial charge on any atom is 0.0915 e. The van der Waals surface area contributed by atoms with Gasteiger partial charge >= 0.3 is 0 Å². The van der Waals surface area contributed by atoms with Crippen molar-refractivity contribution in [3.63, 3.8) is 0 Å². The highest BCUT2D eigenvalue weighted by Gasteiger charge is 2.08. The maximum absolute atomic E-state index is 9.87. The van der Waals surface area contributed by atoms with Gasteiger partial charge in [-0.15, -0.1) is 0 Å². The monoisotopic (exact) mass is 242 g/mol. The summed E-state index contributed by atoms with van der Waals surface area (Å²) >= 11 is 5.81. The average molecular weight is 243 g/mol. The molecule has 0 saturated carbocycles. The summed E-state index contributed by atoms with van der Waals surface area (Å²) in [6, 6.07) is 5.22. The molecule has 0 aliphatic carbocycles. The second-order valence-electron chi connectivity index (χ2n) is 3.85. The molecule has 1 rings (SSSR count). The standard InChI is InChI=1S/C12H19ClN2O/c1-2-3-6-15-8-12(16)9-4-5-10(13)11(14)7-9/h4-5,7,12,15-16H,2-3,6,8,14H2,1H3. The number of nitrogen functional groups attached to an aromatic ring is 1. The van der Waals surface area contributed by atoms with E-state index in [0.29, 0.717) is 17.3 Å². The van der Waals surface area contributed by atoms with Crippen LogP contribution in [-0.4, -0.2) is 18.2 Å². The van der Waals surface area contributed by atoms with Crippen LogP contribution in [-0.2, 0) is 0 Å². The van der Waals surface area contributed by atoms with E-state index >= 15 is 0 Å². The molecular weight excluding hydrogens is 224 g/mol. The molecule has 3 nitrogen and oxygen atoms in total. The molecule has 1 atom stereocenters. The van der Waals surface area contributed by atoms with Crippen LogP contribution in [0.1, 0.15) is 31.4 Å². The van der Waals surface area contributed by atoms with Crippen LogP contribution in [0.3, 0.4) is 0 Å². The van der Waals surface area contributed by atoms with Gasteiger partial charge in [0, 0.05) is 6.54 Å². The Labute approximate surface area is 102 Å². The minimum atomic E-state index is -0.531. The van der Waals surface area contributed by atoms with Gasteiger partial charge in [-0.1, -0.05) is 31.0 Å². The van der Waals surface area contributed by atoms with Crippen LogP contribution < -0.4 is 11.1 Å². The van der Waals surface area contributed by atoms with Gasteiger partial charge in [0.25, 0.3) is 0 Å². The molecule has 0 radical (unpaired) electrons. The number of rotatable bonds is 6. The van der Waals surface area contributed by atoms with Gasteiger partial charge < -0.3 is 16.2 Å². The first-order valence-electron chi connectivity index (χ1n) is 5.59. The Kier molecular flexibility index (Phi) is 5.60. The number of anilines is 1. The zero-order valence-corrected chi connectivity index (χ0v) is 10.3. The van der Waals surface area contributed by atoms with Crippen LogP contribution in [0.25, 0.3) is 0 Å². The molecule has 16 heavy (non-hydrogen) atoms. The number of halogens is 1. The fourth-order valence-electron chi connectivity index (χ4n) is 1.43. The van der Waals surface area contributed by atoms with Gasteiger partial charge in [-0.25, -0.2) is 0 Å². The first-order valence-corrected chi connectivity index (χ1v) is 5.96. The Bertz CT molecular complexity index is 331. The van der Waals surface area contributed by atoms with Gasteiger partial charge in [-0.05, 0) is 30.7 Å². The molecule has 0 bridgehead atoms. The predicted octanol–water partition coefficient (Wildman–Crippen LogP) is 2.35. The van der Waals surface area contributed by atoms with Crippen molar-refractivity contribution in [1.29, 1.82) is 0 Å². The largest absolute Gasteiger partial charge is 0.398 e. The molecule has 0 aromatic heterocycles. The Hall–Kier alpha value is -0.770. The molecular formula is C12H19ClN2O. The van der Waals surface area contributed by atoms with Crippen molar-refractivity contribution in [2.75, 3.05) is 18.8 Å². The lowest BCUT2D eigenvalue weighted by molar-refractivity contribution is 0.175. The number of aliphatic hydroxyl groups excluding tert-OH is 1. The quantitative estimate of drug-likeness (QED) is 0.530. The van der Waals surface area contributed by atoms with Crippen molar-refractivity contribution in [2.24, 2.45) is 0 Å². The van der Waals surface area contributed by atoms with Crippen LogP contribution in [0.2, 0.25) is 5.02 Å². The summed E-state index contributed by atoms with van der Waals surface area (Å²) in [6.07, 6.45) is 1.74. The lowest BCUT2D eigenvalue weighted by Gasteiger charge is -2.13. The van der Waals surface area contributed by atoms with Gasteiger partial charge in [-0.2, -0.15) is 0 Å². The number of aliphatic hydroxyl groups is 1. The lowest BCUT2D eigenvalue weighted by Crippen LogP contribution is -2.22. The van der Waals surface area contributed by atoms with Crippen LogP contribution in [0.15, 0.2) is 18.2 Å². The molecule has 4 N–H and O–H groups in total. The number of unbranched alkanes of at least 4 members (excludes halogenated alkanes) is 1. The highest BCUT2D eigenvalue weighted by Crippen LogP contribution is 2.22. The van der Waals surface area contributed by atoms with Gasteiger partial charge in [0.05, 0.1) is 16.8 Å². The second kappa shape index (κ2) is 6.74. The van der Waals surface area contributed by atoms with E-state index in [4.69, 9.17) is 17.3 Å². The number of hydrogen-bond acceptors (Lipinski definition) is 3. The molecule has 0 heterocycles. The van der Waals surface area contributed by atoms with E-state index < -0.39 is 6.10 Å². The zero-order valence-electron chi connectivity index (χ0n) is 9.54. The Morgan fingerprint density at radius 2 is 2.25 bits per heavy atom. The molecule has 0 saturated heterocycles. The van der Waals surface area contributed by atoms with Crippen molar-refractivity contribution in [1.82, 2.24) is 5.32 Å². The van der Waals surface area contributed by atoms with E-state index in [-0.39, 0.29) is 0 Å².